The Kier molecular flexibility index (Phi) is 42.1. The van der Waals surface area contributed by atoms with E-state index in [1.807, 2.05) is 26.8 Å². The molecule has 0 radical (unpaired) electrons. The van der Waals surface area contributed by atoms with Gasteiger partial charge in [0.1, 0.15) is 52.3 Å². The number of amides is 9. The maximum Gasteiger partial charge on any atom is 0.409 e. The number of aliphatic hydroxyl groups is 1. The summed E-state index contributed by atoms with van der Waals surface area (Å²) in [5.41, 5.74) is -1.21. The molecule has 0 aromatic heterocycles. The molecule has 1 aromatic carbocycles. The monoisotopic (exact) mass is 1720 g/mol. The largest absolute Gasteiger partial charge is 0.495 e. The summed E-state index contributed by atoms with van der Waals surface area (Å²) >= 11 is 8.12. The number of ether oxygens (including phenoxy) is 14. The maximum absolute atomic E-state index is 14.4. The highest BCUT2D eigenvalue weighted by molar-refractivity contribution is 8.02. The molecule has 1 unspecified atom stereocenters. The van der Waals surface area contributed by atoms with E-state index in [2.05, 4.69) is 10.1 Å². The maximum atomic E-state index is 14.4. The molecule has 9 amide bonds. The summed E-state index contributed by atoms with van der Waals surface area (Å²) in [5, 5.41) is 14.4. The molecule has 0 aliphatic carbocycles. The van der Waals surface area contributed by atoms with Gasteiger partial charge in [-0.1, -0.05) is 56.2 Å². The highest BCUT2D eigenvalue weighted by atomic mass is 35.5. The van der Waals surface area contributed by atoms with E-state index < -0.39 is 112 Å². The average Bonchev–Trinajstić information content (AvgIpc) is 1.58. The highest BCUT2D eigenvalue weighted by Gasteiger charge is 2.65. The number of ketones is 2. The van der Waals surface area contributed by atoms with Crippen LogP contribution in [-0.4, -0.2) is 314 Å². The zero-order valence-electron chi connectivity index (χ0n) is 69.9. The van der Waals surface area contributed by atoms with Crippen LogP contribution in [0.4, 0.5) is 10.5 Å². The lowest BCUT2D eigenvalue weighted by molar-refractivity contribution is -0.198. The van der Waals surface area contributed by atoms with Crippen LogP contribution in [-0.2, 0) is 135 Å². The Morgan fingerprint density at radius 1 is 0.689 bits per heavy atom. The number of anilines is 1. The van der Waals surface area contributed by atoms with E-state index in [0.717, 1.165) is 20.9 Å². The van der Waals surface area contributed by atoms with Crippen LogP contribution in [0.2, 0.25) is 5.02 Å². The number of likely N-dealkylation sites (N-methyl/N-ethyl adjacent to an activating group) is 1. The molecule has 4 fully saturated rings. The van der Waals surface area contributed by atoms with Gasteiger partial charge in [-0.2, -0.15) is 0 Å². The first-order valence-electron chi connectivity index (χ1n) is 39.8. The fraction of sp³-hybridized carbons (Fsp3) is 0.679. The number of benzene rings is 1. The van der Waals surface area contributed by atoms with E-state index in [4.69, 9.17) is 78.0 Å². The summed E-state index contributed by atoms with van der Waals surface area (Å²) in [6.07, 6.45) is 4.84. The molecule has 4 bridgehead atoms. The van der Waals surface area contributed by atoms with Crippen LogP contribution >= 0.6 is 23.4 Å². The summed E-state index contributed by atoms with van der Waals surface area (Å²) in [6, 6.07) is 2.39. The van der Waals surface area contributed by atoms with Gasteiger partial charge in [0.2, 0.25) is 23.6 Å². The van der Waals surface area contributed by atoms with E-state index in [0.29, 0.717) is 128 Å². The van der Waals surface area contributed by atoms with E-state index in [1.165, 1.54) is 69.0 Å². The standard InChI is InChI=1S/C58H85ClN4O19S.C23H32N2O11/c1-36-14-12-16-45(74-10)58(72)35-43(80-55(71)60-58)37(2)52-57(6,82-52)46(34-48(66)62(8)41-31-39(30-36)32-42(73-9)51(41)59)81-54(70)38(3)61(7)47(65)17-20-56(4,5)83-44-33-49(67)63(53(44)69)21-18-40(64)15-13-22-76-24-26-78-28-29-79-27-25-77-23-19-50(68)75-11;26-18(7-9-24-19(27)3-4-20(24)28)2-1-10-32-12-14-34-16-17-35-15-13-33-11-8-23(31)36-25-21(29)5-6-22(25)30/h12,14,16,31-32,37-38,43-46,52,72H,13,15,17-30,33-35H2,1-11H3,(H,60,71);3-4H,1-2,5-17H2/b16-12+,36-14+;/t37-,38+,43+,44?,45-,46+,52+,57+,58+;/m1./s1. The normalized spacial score (nSPS) is 23.0. The number of allylic oxidation sites excluding steroid dienone is 3. The number of imide groups is 3. The molecule has 7 rings (SSSR count). The lowest BCUT2D eigenvalue weighted by Gasteiger charge is -2.42. The molecule has 9 atom stereocenters. The summed E-state index contributed by atoms with van der Waals surface area (Å²) in [5.74, 6) is -5.76. The molecular weight excluding hydrogens is 1600 g/mol. The Morgan fingerprint density at radius 2 is 1.21 bits per heavy atom. The van der Waals surface area contributed by atoms with Crippen molar-refractivity contribution in [1.29, 1.82) is 0 Å². The fourth-order valence-electron chi connectivity index (χ4n) is 13.1. The van der Waals surface area contributed by atoms with Crippen LogP contribution in [0.1, 0.15) is 143 Å². The molecule has 4 saturated heterocycles. The predicted octanol–water partition coefficient (Wildman–Crippen LogP) is 5.02. The van der Waals surface area contributed by atoms with E-state index >= 15 is 0 Å². The number of rotatable bonds is 49. The molecule has 2 N–H and O–H groups in total. The Morgan fingerprint density at radius 3 is 1.74 bits per heavy atom. The number of carbonyl (C=O) groups is 14. The van der Waals surface area contributed by atoms with Gasteiger partial charge in [0, 0.05) is 128 Å². The van der Waals surface area contributed by atoms with Crippen LogP contribution in [0.15, 0.2) is 48.1 Å². The molecular formula is C81H117ClN6O30S. The molecule has 1 aromatic rings. The molecule has 0 saturated carbocycles. The van der Waals surface area contributed by atoms with E-state index in [1.54, 1.807) is 45.2 Å². The number of nitrogens with zero attached hydrogens (tertiary/aromatic N) is 5. The third kappa shape index (κ3) is 32.6. The predicted molar refractivity (Wildman–Crippen MR) is 426 cm³/mol. The molecule has 119 heavy (non-hydrogen) atoms. The van der Waals surface area contributed by atoms with Crippen molar-refractivity contribution in [3.8, 4) is 5.75 Å². The average molecular weight is 1720 g/mol. The summed E-state index contributed by atoms with van der Waals surface area (Å²) in [6.45, 7) is 16.0. The van der Waals surface area contributed by atoms with Crippen molar-refractivity contribution in [2.45, 2.75) is 196 Å². The number of hydroxylamine groups is 2. The zero-order chi connectivity index (χ0) is 87.4. The molecule has 6 heterocycles. The first kappa shape index (κ1) is 99.6. The van der Waals surface area contributed by atoms with Gasteiger partial charge in [0.25, 0.3) is 23.6 Å². The van der Waals surface area contributed by atoms with Gasteiger partial charge in [-0.15, -0.1) is 16.8 Å². The van der Waals surface area contributed by atoms with Crippen LogP contribution in [0, 0.1) is 5.92 Å². The van der Waals surface area contributed by atoms with Gasteiger partial charge in [-0.05, 0) is 64.2 Å². The number of carbonyl (C=O) groups excluding carboxylic acids is 14. The summed E-state index contributed by atoms with van der Waals surface area (Å²) in [7, 11) is 7.21. The van der Waals surface area contributed by atoms with Gasteiger partial charge >= 0.3 is 24.0 Å². The fourth-order valence-corrected chi connectivity index (χ4v) is 14.8. The van der Waals surface area contributed by atoms with Gasteiger partial charge in [-0.3, -0.25) is 67.9 Å². The van der Waals surface area contributed by atoms with E-state index in [-0.39, 0.29) is 144 Å². The molecule has 38 heteroatoms. The van der Waals surface area contributed by atoms with Gasteiger partial charge in [0.15, 0.2) is 5.72 Å². The second-order valence-corrected chi connectivity index (χ2v) is 32.1. The van der Waals surface area contributed by atoms with Crippen molar-refractivity contribution in [3.63, 3.8) is 0 Å². The van der Waals surface area contributed by atoms with Crippen molar-refractivity contribution >= 4 is 112 Å². The number of likely N-dealkylation sites (tertiary alicyclic amines) is 1. The Bertz CT molecular complexity index is 3710. The quantitative estimate of drug-likeness (QED) is 0.0284. The van der Waals surface area contributed by atoms with Crippen molar-refractivity contribution in [2.24, 2.45) is 5.92 Å². The summed E-state index contributed by atoms with van der Waals surface area (Å²) in [4.78, 5) is 184. The topological polar surface area (TPSA) is 429 Å². The Balaban J connectivity index is 0.000000507. The van der Waals surface area contributed by atoms with Crippen molar-refractivity contribution < 1.29 is 143 Å². The number of hydrogen-bond acceptors (Lipinski definition) is 31. The van der Waals surface area contributed by atoms with Crippen LogP contribution in [0.3, 0.4) is 0 Å². The van der Waals surface area contributed by atoms with Gasteiger partial charge in [-0.25, -0.2) is 14.4 Å². The molecule has 6 aliphatic rings. The lowest BCUT2D eigenvalue weighted by atomic mass is 9.83. The number of epoxide rings is 1. The molecule has 664 valence electrons. The minimum atomic E-state index is -1.89. The van der Waals surface area contributed by atoms with Crippen LogP contribution < -0.4 is 15.0 Å². The Labute approximate surface area is 702 Å². The highest BCUT2D eigenvalue weighted by Crippen LogP contribution is 2.50. The van der Waals surface area contributed by atoms with Crippen molar-refractivity contribution in [3.05, 3.63) is 58.7 Å². The third-order valence-electron chi connectivity index (χ3n) is 20.3. The number of esters is 2. The lowest BCUT2D eigenvalue weighted by Crippen LogP contribution is -2.63. The zero-order valence-corrected chi connectivity index (χ0v) is 71.5. The van der Waals surface area contributed by atoms with Crippen molar-refractivity contribution in [2.75, 3.05) is 159 Å². The number of alkyl carbamates (subject to hydrolysis) is 1. The van der Waals surface area contributed by atoms with E-state index in [9.17, 15) is 72.2 Å². The first-order chi connectivity index (χ1) is 56.6. The number of thioether (sulfide) groups is 1. The number of halogens is 1. The SMILES string of the molecule is COC(=O)CCOCCOCCOCCOCCCC(=O)CCN1C(=O)CC(SC(C)(C)CCC(=O)N(C)[C@@H](C)C(=O)O[C@H]2CC(=O)N(C)c3cc(cc(OC)c3Cl)C/C(C)=C/C=C/[C@@H](OC)[C@@]3(O)C[C@H](OC(=O)N3)[C@@H](C)[C@@H]3O[C@@]23C)C1=O.O=C(CCCOCCOCCOCCOCCC(=O)ON1C(=O)CCC1=O)CCN1C(=O)C=CC1=O. The second kappa shape index (κ2) is 50.3. The van der Waals surface area contributed by atoms with Gasteiger partial charge in [0.05, 0.1) is 143 Å². The number of fused-ring (bicyclic) bond motifs is 5. The Hall–Kier alpha value is -8.18. The third-order valence-corrected chi connectivity index (χ3v) is 22.2. The molecule has 0 spiro atoms. The molecule has 36 nitrogen and oxygen atoms in total. The minimum Gasteiger partial charge on any atom is -0.495 e. The van der Waals surface area contributed by atoms with Crippen LogP contribution in [0.5, 0.6) is 5.75 Å². The van der Waals surface area contributed by atoms with Crippen molar-refractivity contribution in [1.82, 2.24) is 25.1 Å². The second-order valence-electron chi connectivity index (χ2n) is 29.8. The number of Topliss-reactive ketones (excluding diaryl/α,β-unsaturated/α-hetero) is 2. The first-order valence-corrected chi connectivity index (χ1v) is 41.1. The number of nitrogens with one attached hydrogen (secondary N) is 1. The molecule has 6 aliphatic heterocycles. The number of hydrogen-bond donors (Lipinski definition) is 2. The smallest absolute Gasteiger partial charge is 0.409 e. The number of methoxy groups -OCH3 is 3. The minimum absolute atomic E-state index is 0.0185. The van der Waals surface area contributed by atoms with Crippen LogP contribution in [0.25, 0.3) is 0 Å². The van der Waals surface area contributed by atoms with Gasteiger partial charge < -0.3 is 86.1 Å². The summed E-state index contributed by atoms with van der Waals surface area (Å²) < 4.78 is 76.5.